The van der Waals surface area contributed by atoms with E-state index in [9.17, 15) is 13.2 Å². The number of nitrogens with one attached hydrogen (secondary N) is 1. The largest absolute Gasteiger partial charge is 0.309 e. The first-order valence-electron chi connectivity index (χ1n) is 9.95. The minimum absolute atomic E-state index is 0.104. The van der Waals surface area contributed by atoms with Gasteiger partial charge in [0.05, 0.1) is 16.8 Å². The summed E-state index contributed by atoms with van der Waals surface area (Å²) in [6.45, 7) is 10.2. The van der Waals surface area contributed by atoms with Gasteiger partial charge >= 0.3 is 0 Å². The monoisotopic (exact) mass is 446 g/mol. The highest BCUT2D eigenvalue weighted by atomic mass is 32.2. The molecule has 1 fully saturated rings. The molecule has 0 bridgehead atoms. The van der Waals surface area contributed by atoms with Gasteiger partial charge in [0.1, 0.15) is 10.7 Å². The van der Waals surface area contributed by atoms with Crippen LogP contribution in [0.2, 0.25) is 0 Å². The molecular weight excluding hydrogens is 420 g/mol. The number of H-pyrrole nitrogens is 1. The molecule has 30 heavy (non-hydrogen) atoms. The van der Waals surface area contributed by atoms with Gasteiger partial charge in [-0.3, -0.25) is 9.69 Å². The van der Waals surface area contributed by atoms with Crippen molar-refractivity contribution in [3.8, 4) is 0 Å². The summed E-state index contributed by atoms with van der Waals surface area (Å²) >= 11 is 1.54. The van der Waals surface area contributed by atoms with E-state index >= 15 is 0 Å². The number of sulfonamides is 1. The van der Waals surface area contributed by atoms with Crippen LogP contribution in [0, 0.1) is 27.7 Å². The van der Waals surface area contributed by atoms with E-state index in [1.54, 1.807) is 10.4 Å². The zero-order chi connectivity index (χ0) is 21.6. The standard InChI is InChI=1S/C21H26N4O3S2/c1-13-5-6-14(2)17(11-13)30(27,28)25-9-7-24(8-10-25)12-18-22-20(26)19-15(3)16(4)29-21(19)23-18/h5-6,11H,7-10,12H2,1-4H3,(H,22,23,26). The van der Waals surface area contributed by atoms with Crippen LogP contribution in [0.25, 0.3) is 10.2 Å². The zero-order valence-electron chi connectivity index (χ0n) is 17.7. The number of piperazine rings is 1. The van der Waals surface area contributed by atoms with Gasteiger partial charge in [-0.05, 0) is 50.5 Å². The number of aryl methyl sites for hydroxylation is 4. The summed E-state index contributed by atoms with van der Waals surface area (Å²) in [6.07, 6.45) is 0. The molecule has 0 saturated carbocycles. The maximum atomic E-state index is 13.1. The summed E-state index contributed by atoms with van der Waals surface area (Å²) in [5.74, 6) is 0.625. The van der Waals surface area contributed by atoms with Crippen molar-refractivity contribution in [1.29, 1.82) is 0 Å². The highest BCUT2D eigenvalue weighted by molar-refractivity contribution is 7.89. The molecule has 1 aliphatic heterocycles. The van der Waals surface area contributed by atoms with Gasteiger partial charge in [-0.1, -0.05) is 12.1 Å². The van der Waals surface area contributed by atoms with Crippen LogP contribution in [0.5, 0.6) is 0 Å². The van der Waals surface area contributed by atoms with Gasteiger partial charge < -0.3 is 4.98 Å². The maximum Gasteiger partial charge on any atom is 0.259 e. The summed E-state index contributed by atoms with van der Waals surface area (Å²) in [4.78, 5) is 24.4. The second-order valence-corrected chi connectivity index (χ2v) is 11.0. The molecule has 1 aliphatic rings. The van der Waals surface area contributed by atoms with E-state index in [0.717, 1.165) is 26.4 Å². The normalized spacial score (nSPS) is 16.4. The van der Waals surface area contributed by atoms with Crippen LogP contribution < -0.4 is 5.56 Å². The number of aromatic amines is 1. The molecule has 7 nitrogen and oxygen atoms in total. The molecule has 3 heterocycles. The number of aromatic nitrogens is 2. The Bertz CT molecular complexity index is 1270. The lowest BCUT2D eigenvalue weighted by Crippen LogP contribution is -2.48. The number of fused-ring (bicyclic) bond motifs is 1. The van der Waals surface area contributed by atoms with E-state index in [1.807, 2.05) is 39.8 Å². The molecule has 160 valence electrons. The Balaban J connectivity index is 1.48. The van der Waals surface area contributed by atoms with Crippen LogP contribution in [0.15, 0.2) is 27.9 Å². The fraction of sp³-hybridized carbons (Fsp3) is 0.429. The lowest BCUT2D eigenvalue weighted by molar-refractivity contribution is 0.178. The van der Waals surface area contributed by atoms with Gasteiger partial charge in [-0.15, -0.1) is 11.3 Å². The highest BCUT2D eigenvalue weighted by Gasteiger charge is 2.30. The Kier molecular flexibility index (Phi) is 5.56. The average Bonchev–Trinajstić information content (AvgIpc) is 2.98. The van der Waals surface area contributed by atoms with Crippen molar-refractivity contribution in [3.05, 3.63) is 55.9 Å². The van der Waals surface area contributed by atoms with E-state index in [2.05, 4.69) is 14.9 Å². The topological polar surface area (TPSA) is 86.4 Å². The second kappa shape index (κ2) is 7.88. The average molecular weight is 447 g/mol. The number of hydrogen-bond acceptors (Lipinski definition) is 6. The first-order valence-corrected chi connectivity index (χ1v) is 12.2. The summed E-state index contributed by atoms with van der Waals surface area (Å²) < 4.78 is 27.8. The quantitative estimate of drug-likeness (QED) is 0.666. The van der Waals surface area contributed by atoms with Crippen LogP contribution in [0.4, 0.5) is 0 Å². The Morgan fingerprint density at radius 3 is 2.50 bits per heavy atom. The van der Waals surface area contributed by atoms with Crippen LogP contribution in [0.3, 0.4) is 0 Å². The van der Waals surface area contributed by atoms with Crippen molar-refractivity contribution in [3.63, 3.8) is 0 Å². The molecule has 0 amide bonds. The van der Waals surface area contributed by atoms with Crippen molar-refractivity contribution < 1.29 is 8.42 Å². The van der Waals surface area contributed by atoms with Gasteiger partial charge in [-0.25, -0.2) is 13.4 Å². The molecule has 0 unspecified atom stereocenters. The Morgan fingerprint density at radius 1 is 1.10 bits per heavy atom. The second-order valence-electron chi connectivity index (χ2n) is 7.93. The fourth-order valence-electron chi connectivity index (χ4n) is 3.84. The van der Waals surface area contributed by atoms with E-state index in [4.69, 9.17) is 0 Å². The number of hydrogen-bond donors (Lipinski definition) is 1. The lowest BCUT2D eigenvalue weighted by Gasteiger charge is -2.33. The lowest BCUT2D eigenvalue weighted by atomic mass is 10.2. The smallest absolute Gasteiger partial charge is 0.259 e. The molecule has 3 aromatic rings. The summed E-state index contributed by atoms with van der Waals surface area (Å²) in [5, 5.41) is 0.672. The molecule has 0 atom stereocenters. The van der Waals surface area contributed by atoms with E-state index in [1.165, 1.54) is 11.3 Å². The van der Waals surface area contributed by atoms with Crippen molar-refractivity contribution in [1.82, 2.24) is 19.2 Å². The Hall–Kier alpha value is -2.07. The van der Waals surface area contributed by atoms with Crippen LogP contribution in [0.1, 0.15) is 27.4 Å². The van der Waals surface area contributed by atoms with Gasteiger partial charge in [0.2, 0.25) is 10.0 Å². The van der Waals surface area contributed by atoms with Crippen molar-refractivity contribution in [2.24, 2.45) is 0 Å². The zero-order valence-corrected chi connectivity index (χ0v) is 19.3. The summed E-state index contributed by atoms with van der Waals surface area (Å²) in [6, 6.07) is 5.52. The van der Waals surface area contributed by atoms with Crippen molar-refractivity contribution in [2.45, 2.75) is 39.1 Å². The van der Waals surface area contributed by atoms with E-state index < -0.39 is 10.0 Å². The Labute approximate surface area is 180 Å². The predicted molar refractivity (Wildman–Crippen MR) is 120 cm³/mol. The van der Waals surface area contributed by atoms with E-state index in [-0.39, 0.29) is 5.56 Å². The third kappa shape index (κ3) is 3.82. The number of thiophene rings is 1. The Morgan fingerprint density at radius 2 is 1.80 bits per heavy atom. The van der Waals surface area contributed by atoms with Crippen molar-refractivity contribution in [2.75, 3.05) is 26.2 Å². The molecule has 4 rings (SSSR count). The molecule has 2 aromatic heterocycles. The maximum absolute atomic E-state index is 13.1. The molecule has 1 aromatic carbocycles. The van der Waals surface area contributed by atoms with Crippen LogP contribution in [-0.4, -0.2) is 53.8 Å². The van der Waals surface area contributed by atoms with E-state index in [0.29, 0.717) is 48.8 Å². The summed E-state index contributed by atoms with van der Waals surface area (Å²) in [7, 11) is -3.51. The number of nitrogens with zero attached hydrogens (tertiary/aromatic N) is 3. The molecule has 0 aliphatic carbocycles. The molecule has 9 heteroatoms. The SMILES string of the molecule is Cc1ccc(C)c(S(=O)(=O)N2CCN(Cc3nc4sc(C)c(C)c4c(=O)[nH]3)CC2)c1. The highest BCUT2D eigenvalue weighted by Crippen LogP contribution is 2.26. The number of rotatable bonds is 4. The van der Waals surface area contributed by atoms with Crippen LogP contribution >= 0.6 is 11.3 Å². The first-order chi connectivity index (χ1) is 14.2. The molecule has 0 spiro atoms. The molecule has 1 saturated heterocycles. The fourth-order valence-corrected chi connectivity index (χ4v) is 6.62. The third-order valence-corrected chi connectivity index (χ3v) is 8.90. The third-order valence-electron chi connectivity index (χ3n) is 5.75. The number of benzene rings is 1. The first kappa shape index (κ1) is 21.2. The minimum atomic E-state index is -3.51. The van der Waals surface area contributed by atoms with Gasteiger partial charge in [0, 0.05) is 31.1 Å². The molecule has 1 N–H and O–H groups in total. The van der Waals surface area contributed by atoms with Crippen molar-refractivity contribution >= 4 is 31.6 Å². The molecular formula is C21H26N4O3S2. The van der Waals surface area contributed by atoms with Gasteiger partial charge in [0.25, 0.3) is 5.56 Å². The summed E-state index contributed by atoms with van der Waals surface area (Å²) in [5.41, 5.74) is 2.58. The predicted octanol–water partition coefficient (Wildman–Crippen LogP) is 2.72. The van der Waals surface area contributed by atoms with Gasteiger partial charge in [-0.2, -0.15) is 4.31 Å². The van der Waals surface area contributed by atoms with Crippen LogP contribution in [-0.2, 0) is 16.6 Å². The van der Waals surface area contributed by atoms with Gasteiger partial charge in [0.15, 0.2) is 0 Å². The minimum Gasteiger partial charge on any atom is -0.309 e. The molecule has 0 radical (unpaired) electrons.